The first-order valence-electron chi connectivity index (χ1n) is 8.34. The van der Waals surface area contributed by atoms with Crippen LogP contribution >= 0.6 is 0 Å². The molecular weight excluding hydrogens is 351 g/mol. The molecule has 27 heavy (non-hydrogen) atoms. The van der Waals surface area contributed by atoms with Crippen molar-refractivity contribution < 1.29 is 18.7 Å². The Morgan fingerprint density at radius 3 is 2.63 bits per heavy atom. The lowest BCUT2D eigenvalue weighted by Gasteiger charge is -2.08. The summed E-state index contributed by atoms with van der Waals surface area (Å²) >= 11 is 0. The van der Waals surface area contributed by atoms with Crippen molar-refractivity contribution in [2.75, 3.05) is 13.2 Å². The number of pyridine rings is 1. The topological polar surface area (TPSA) is 88.3 Å². The Kier molecular flexibility index (Phi) is 5.61. The number of aromatic nitrogens is 1. The number of carbonyl (C=O) groups is 2. The van der Waals surface area contributed by atoms with E-state index in [9.17, 15) is 18.8 Å². The van der Waals surface area contributed by atoms with Crippen LogP contribution in [0.1, 0.15) is 15.9 Å². The third-order valence-electron chi connectivity index (χ3n) is 3.98. The summed E-state index contributed by atoms with van der Waals surface area (Å²) in [5.74, 6) is -1.60. The Bertz CT molecular complexity index is 1050. The van der Waals surface area contributed by atoms with Gasteiger partial charge in [0.1, 0.15) is 5.82 Å². The summed E-state index contributed by atoms with van der Waals surface area (Å²) in [6.45, 7) is -0.275. The van der Waals surface area contributed by atoms with Gasteiger partial charge in [-0.05, 0) is 24.1 Å². The van der Waals surface area contributed by atoms with Crippen LogP contribution in [0.5, 0.6) is 0 Å². The van der Waals surface area contributed by atoms with E-state index in [4.69, 9.17) is 4.74 Å². The first-order chi connectivity index (χ1) is 13.0. The molecule has 2 N–H and O–H groups in total. The molecule has 138 valence electrons. The van der Waals surface area contributed by atoms with E-state index in [1.165, 1.54) is 6.07 Å². The maximum atomic E-state index is 13.5. The summed E-state index contributed by atoms with van der Waals surface area (Å²) in [7, 11) is 0. The largest absolute Gasteiger partial charge is 0.452 e. The molecule has 0 aliphatic heterocycles. The number of H-pyrrole nitrogens is 1. The molecule has 7 heteroatoms. The molecule has 0 aliphatic rings. The summed E-state index contributed by atoms with van der Waals surface area (Å²) in [5, 5.41) is 3.09. The normalized spacial score (nSPS) is 10.6. The molecule has 0 bridgehead atoms. The van der Waals surface area contributed by atoms with Gasteiger partial charge in [-0.1, -0.05) is 36.4 Å². The zero-order chi connectivity index (χ0) is 19.2. The molecule has 0 unspecified atom stereocenters. The van der Waals surface area contributed by atoms with Gasteiger partial charge in [-0.25, -0.2) is 9.18 Å². The molecular formula is C20H17FN2O4. The van der Waals surface area contributed by atoms with E-state index >= 15 is 0 Å². The summed E-state index contributed by atoms with van der Waals surface area (Å²) in [6, 6.07) is 14.2. The maximum absolute atomic E-state index is 13.5. The Balaban J connectivity index is 1.56. The number of ether oxygens (including phenoxy) is 1. The van der Waals surface area contributed by atoms with Crippen molar-refractivity contribution >= 4 is 22.8 Å². The lowest BCUT2D eigenvalue weighted by Crippen LogP contribution is -2.30. The van der Waals surface area contributed by atoms with Gasteiger partial charge in [-0.2, -0.15) is 0 Å². The van der Waals surface area contributed by atoms with Crippen molar-refractivity contribution in [2.45, 2.75) is 6.42 Å². The number of amides is 1. The SMILES string of the molecule is O=C(COC(=O)c1cc(=O)[nH]c2ccccc12)NCCc1ccccc1F. The first kappa shape index (κ1) is 18.3. The van der Waals surface area contributed by atoms with Gasteiger partial charge in [-0.3, -0.25) is 9.59 Å². The monoisotopic (exact) mass is 368 g/mol. The summed E-state index contributed by atoms with van der Waals surface area (Å²) < 4.78 is 18.5. The number of nitrogens with one attached hydrogen (secondary N) is 2. The minimum absolute atomic E-state index is 0.0912. The Morgan fingerprint density at radius 2 is 1.81 bits per heavy atom. The van der Waals surface area contributed by atoms with Crippen LogP contribution in [-0.2, 0) is 16.0 Å². The molecule has 0 radical (unpaired) electrons. The highest BCUT2D eigenvalue weighted by Crippen LogP contribution is 2.15. The minimum atomic E-state index is -0.762. The third kappa shape index (κ3) is 4.58. The number of para-hydroxylation sites is 1. The van der Waals surface area contributed by atoms with E-state index < -0.39 is 24.0 Å². The molecule has 0 spiro atoms. The molecule has 1 aromatic heterocycles. The molecule has 0 fully saturated rings. The van der Waals surface area contributed by atoms with Gasteiger partial charge in [0.15, 0.2) is 6.61 Å². The van der Waals surface area contributed by atoms with Crippen molar-refractivity contribution in [3.8, 4) is 0 Å². The number of rotatable bonds is 6. The number of hydrogen-bond donors (Lipinski definition) is 2. The van der Waals surface area contributed by atoms with Crippen molar-refractivity contribution in [1.29, 1.82) is 0 Å². The van der Waals surface area contributed by atoms with E-state index in [0.29, 0.717) is 22.9 Å². The van der Waals surface area contributed by atoms with Crippen molar-refractivity contribution in [2.24, 2.45) is 0 Å². The average Bonchev–Trinajstić information content (AvgIpc) is 2.67. The van der Waals surface area contributed by atoms with Crippen LogP contribution in [0.4, 0.5) is 4.39 Å². The number of esters is 1. The third-order valence-corrected chi connectivity index (χ3v) is 3.98. The predicted molar refractivity (Wildman–Crippen MR) is 98.0 cm³/mol. The fourth-order valence-corrected chi connectivity index (χ4v) is 2.67. The smallest absolute Gasteiger partial charge is 0.339 e. The van der Waals surface area contributed by atoms with Crippen LogP contribution in [0.2, 0.25) is 0 Å². The van der Waals surface area contributed by atoms with Crippen LogP contribution in [0.15, 0.2) is 59.4 Å². The van der Waals surface area contributed by atoms with Crippen LogP contribution in [-0.4, -0.2) is 30.0 Å². The Labute approximate surface area is 154 Å². The highest BCUT2D eigenvalue weighted by Gasteiger charge is 2.14. The van der Waals surface area contributed by atoms with E-state index in [2.05, 4.69) is 10.3 Å². The second-order valence-electron chi connectivity index (χ2n) is 5.86. The lowest BCUT2D eigenvalue weighted by molar-refractivity contribution is -0.124. The lowest BCUT2D eigenvalue weighted by atomic mass is 10.1. The standard InChI is InChI=1S/C20H17FN2O4/c21-16-7-3-1-5-13(16)9-10-22-19(25)12-27-20(26)15-11-18(24)23-17-8-4-2-6-14(15)17/h1-8,11H,9-10,12H2,(H,22,25)(H,23,24). The van der Waals surface area contributed by atoms with Gasteiger partial charge < -0.3 is 15.0 Å². The molecule has 0 aliphatic carbocycles. The van der Waals surface area contributed by atoms with E-state index in [0.717, 1.165) is 6.07 Å². The second kappa shape index (κ2) is 8.27. The second-order valence-corrected chi connectivity index (χ2v) is 5.86. The van der Waals surface area contributed by atoms with Crippen LogP contribution < -0.4 is 10.9 Å². The summed E-state index contributed by atoms with van der Waals surface area (Å²) in [5.41, 5.74) is 0.652. The zero-order valence-corrected chi connectivity index (χ0v) is 14.3. The molecule has 0 saturated carbocycles. The van der Waals surface area contributed by atoms with Crippen LogP contribution in [0.3, 0.4) is 0 Å². The fraction of sp³-hybridized carbons (Fsp3) is 0.150. The highest BCUT2D eigenvalue weighted by atomic mass is 19.1. The van der Waals surface area contributed by atoms with Gasteiger partial charge in [-0.15, -0.1) is 0 Å². The molecule has 3 rings (SSSR count). The molecule has 1 amide bonds. The van der Waals surface area contributed by atoms with Crippen molar-refractivity contribution in [1.82, 2.24) is 10.3 Å². The van der Waals surface area contributed by atoms with Gasteiger partial charge in [0.25, 0.3) is 5.91 Å². The quantitative estimate of drug-likeness (QED) is 0.653. The first-order valence-corrected chi connectivity index (χ1v) is 8.34. The number of halogens is 1. The molecule has 0 atom stereocenters. The van der Waals surface area contributed by atoms with Crippen molar-refractivity contribution in [3.05, 3.63) is 81.9 Å². The van der Waals surface area contributed by atoms with E-state index in [-0.39, 0.29) is 17.9 Å². The molecule has 0 saturated heterocycles. The highest BCUT2D eigenvalue weighted by molar-refractivity contribution is 6.03. The number of fused-ring (bicyclic) bond motifs is 1. The van der Waals surface area contributed by atoms with Crippen LogP contribution in [0, 0.1) is 5.82 Å². The number of carbonyl (C=O) groups excluding carboxylic acids is 2. The number of hydrogen-bond acceptors (Lipinski definition) is 4. The summed E-state index contributed by atoms with van der Waals surface area (Å²) in [4.78, 5) is 38.4. The molecule has 6 nitrogen and oxygen atoms in total. The van der Waals surface area contributed by atoms with Crippen molar-refractivity contribution in [3.63, 3.8) is 0 Å². The maximum Gasteiger partial charge on any atom is 0.339 e. The van der Waals surface area contributed by atoms with Gasteiger partial charge in [0, 0.05) is 23.5 Å². The van der Waals surface area contributed by atoms with Gasteiger partial charge >= 0.3 is 5.97 Å². The predicted octanol–water partition coefficient (Wildman–Crippen LogP) is 2.18. The summed E-state index contributed by atoms with van der Waals surface area (Å²) in [6.07, 6.45) is 0.324. The zero-order valence-electron chi connectivity index (χ0n) is 14.3. The Morgan fingerprint density at radius 1 is 1.07 bits per heavy atom. The van der Waals surface area contributed by atoms with Gasteiger partial charge in [0.2, 0.25) is 5.56 Å². The number of benzene rings is 2. The average molecular weight is 368 g/mol. The molecule has 1 heterocycles. The molecule has 3 aromatic rings. The van der Waals surface area contributed by atoms with E-state index in [1.807, 2.05) is 0 Å². The van der Waals surface area contributed by atoms with Crippen LogP contribution in [0.25, 0.3) is 10.9 Å². The Hall–Kier alpha value is -3.48. The fourth-order valence-electron chi connectivity index (χ4n) is 2.67. The van der Waals surface area contributed by atoms with Gasteiger partial charge in [0.05, 0.1) is 5.56 Å². The molecule has 2 aromatic carbocycles. The van der Waals surface area contributed by atoms with E-state index in [1.54, 1.807) is 42.5 Å². The minimum Gasteiger partial charge on any atom is -0.452 e. The number of aromatic amines is 1.